The van der Waals surface area contributed by atoms with Gasteiger partial charge in [0.25, 0.3) is 0 Å². The van der Waals surface area contributed by atoms with Crippen LogP contribution >= 0.6 is 0 Å². The van der Waals surface area contributed by atoms with Crippen molar-refractivity contribution in [3.63, 3.8) is 0 Å². The number of amides is 1. The maximum absolute atomic E-state index is 10.2. The summed E-state index contributed by atoms with van der Waals surface area (Å²) < 4.78 is 4.68. The third-order valence-corrected chi connectivity index (χ3v) is 1.44. The summed E-state index contributed by atoms with van der Waals surface area (Å²) in [5.74, 6) is 0.310. The van der Waals surface area contributed by atoms with Gasteiger partial charge in [0.2, 0.25) is 5.91 Å². The van der Waals surface area contributed by atoms with Crippen LogP contribution in [0.15, 0.2) is 30.3 Å². The minimum atomic E-state index is -0.0120. The van der Waals surface area contributed by atoms with Gasteiger partial charge in [0.05, 0.1) is 6.61 Å². The number of phenolic OH excluding ortho intramolecular Hbond substituents is 1. The Morgan fingerprint density at radius 2 is 2.00 bits per heavy atom. The lowest BCUT2D eigenvalue weighted by Crippen LogP contribution is -2.23. The minimum Gasteiger partial charge on any atom is -0.508 e. The van der Waals surface area contributed by atoms with Crippen molar-refractivity contribution in [3.05, 3.63) is 30.3 Å². The first-order valence-electron chi connectivity index (χ1n) is 4.64. The first kappa shape index (κ1) is 13.4. The molecule has 84 valence electrons. The van der Waals surface area contributed by atoms with E-state index in [1.165, 1.54) is 6.92 Å². The molecule has 1 aromatic carbocycles. The highest BCUT2D eigenvalue weighted by atomic mass is 16.5. The molecular formula is C11H17NO3. The molecule has 0 unspecified atom stereocenters. The Labute approximate surface area is 89.9 Å². The molecule has 0 aliphatic carbocycles. The number of phenols is 1. The molecular weight excluding hydrogens is 194 g/mol. The fourth-order valence-electron chi connectivity index (χ4n) is 0.757. The number of methoxy groups -OCH3 is 1. The van der Waals surface area contributed by atoms with E-state index in [-0.39, 0.29) is 5.91 Å². The van der Waals surface area contributed by atoms with Gasteiger partial charge in [-0.1, -0.05) is 18.2 Å². The average Bonchev–Trinajstić information content (AvgIpc) is 2.20. The number of carbonyl (C=O) groups excluding carboxylic acids is 1. The van der Waals surface area contributed by atoms with Crippen LogP contribution in [0.1, 0.15) is 6.92 Å². The number of benzene rings is 1. The molecule has 4 heteroatoms. The summed E-state index contributed by atoms with van der Waals surface area (Å²) in [5.41, 5.74) is 0. The standard InChI is InChI=1S/C6H6O.C5H11NO2/c7-6-4-2-1-3-5-6;1-5(7)6-3-4-8-2/h1-5,7H;3-4H2,1-2H3,(H,6,7). The van der Waals surface area contributed by atoms with Crippen molar-refractivity contribution in [2.24, 2.45) is 0 Å². The molecule has 1 rings (SSSR count). The molecule has 0 saturated carbocycles. The van der Waals surface area contributed by atoms with Gasteiger partial charge in [-0.3, -0.25) is 4.79 Å². The van der Waals surface area contributed by atoms with Gasteiger partial charge in [-0.15, -0.1) is 0 Å². The van der Waals surface area contributed by atoms with Gasteiger partial charge in [-0.25, -0.2) is 0 Å². The van der Waals surface area contributed by atoms with Crippen LogP contribution in [0.2, 0.25) is 0 Å². The molecule has 0 heterocycles. The first-order chi connectivity index (χ1) is 7.16. The molecule has 0 aliphatic rings. The number of carbonyl (C=O) groups is 1. The number of para-hydroxylation sites is 1. The lowest BCUT2D eigenvalue weighted by molar-refractivity contribution is -0.119. The number of hydrogen-bond donors (Lipinski definition) is 2. The molecule has 0 aromatic heterocycles. The van der Waals surface area contributed by atoms with E-state index in [1.54, 1.807) is 31.4 Å². The largest absolute Gasteiger partial charge is 0.508 e. The second kappa shape index (κ2) is 9.02. The Morgan fingerprint density at radius 1 is 1.40 bits per heavy atom. The molecule has 0 fully saturated rings. The molecule has 4 nitrogen and oxygen atoms in total. The van der Waals surface area contributed by atoms with Crippen LogP contribution in [-0.4, -0.2) is 31.3 Å². The second-order valence-corrected chi connectivity index (χ2v) is 2.81. The molecule has 0 atom stereocenters. The number of ether oxygens (including phenoxy) is 1. The van der Waals surface area contributed by atoms with E-state index >= 15 is 0 Å². The zero-order chi connectivity index (χ0) is 11.5. The van der Waals surface area contributed by atoms with E-state index < -0.39 is 0 Å². The topological polar surface area (TPSA) is 58.6 Å². The van der Waals surface area contributed by atoms with Gasteiger partial charge in [0.15, 0.2) is 0 Å². The van der Waals surface area contributed by atoms with Crippen molar-refractivity contribution in [1.29, 1.82) is 0 Å². The van der Waals surface area contributed by atoms with E-state index in [0.717, 1.165) is 0 Å². The summed E-state index contributed by atoms with van der Waals surface area (Å²) >= 11 is 0. The lowest BCUT2D eigenvalue weighted by Gasteiger charge is -1.97. The molecule has 0 spiro atoms. The molecule has 0 saturated heterocycles. The number of hydrogen-bond acceptors (Lipinski definition) is 3. The molecule has 0 aliphatic heterocycles. The van der Waals surface area contributed by atoms with Crippen molar-refractivity contribution >= 4 is 5.91 Å². The highest BCUT2D eigenvalue weighted by Crippen LogP contribution is 2.02. The van der Waals surface area contributed by atoms with E-state index in [1.807, 2.05) is 6.07 Å². The van der Waals surface area contributed by atoms with Gasteiger partial charge >= 0.3 is 0 Å². The fraction of sp³-hybridized carbons (Fsp3) is 0.364. The van der Waals surface area contributed by atoms with E-state index in [4.69, 9.17) is 5.11 Å². The van der Waals surface area contributed by atoms with Crippen molar-refractivity contribution in [2.75, 3.05) is 20.3 Å². The summed E-state index contributed by atoms with van der Waals surface area (Å²) in [6, 6.07) is 8.71. The Kier molecular flexibility index (Phi) is 8.09. The molecule has 0 radical (unpaired) electrons. The van der Waals surface area contributed by atoms with Gasteiger partial charge in [-0.05, 0) is 12.1 Å². The number of aromatic hydroxyl groups is 1. The molecule has 2 N–H and O–H groups in total. The predicted molar refractivity (Wildman–Crippen MR) is 58.7 cm³/mol. The van der Waals surface area contributed by atoms with Crippen molar-refractivity contribution in [3.8, 4) is 5.75 Å². The molecule has 1 aromatic rings. The third-order valence-electron chi connectivity index (χ3n) is 1.44. The van der Waals surface area contributed by atoms with Crippen LogP contribution in [0, 0.1) is 0 Å². The van der Waals surface area contributed by atoms with Crippen LogP contribution in [0.3, 0.4) is 0 Å². The van der Waals surface area contributed by atoms with Crippen LogP contribution in [0.5, 0.6) is 5.75 Å². The SMILES string of the molecule is COCCNC(C)=O.Oc1ccccc1. The summed E-state index contributed by atoms with van der Waals surface area (Å²) in [4.78, 5) is 10.2. The quantitative estimate of drug-likeness (QED) is 0.738. The Morgan fingerprint density at radius 3 is 2.33 bits per heavy atom. The van der Waals surface area contributed by atoms with E-state index in [9.17, 15) is 4.79 Å². The monoisotopic (exact) mass is 211 g/mol. The van der Waals surface area contributed by atoms with E-state index in [0.29, 0.717) is 18.9 Å². The summed E-state index contributed by atoms with van der Waals surface area (Å²) in [5, 5.41) is 11.2. The van der Waals surface area contributed by atoms with Gasteiger partial charge in [-0.2, -0.15) is 0 Å². The predicted octanol–water partition coefficient (Wildman–Crippen LogP) is 1.16. The van der Waals surface area contributed by atoms with Crippen LogP contribution in [0.25, 0.3) is 0 Å². The summed E-state index contributed by atoms with van der Waals surface area (Å²) in [7, 11) is 1.60. The van der Waals surface area contributed by atoms with E-state index in [2.05, 4.69) is 10.1 Å². The van der Waals surface area contributed by atoms with Gasteiger partial charge < -0.3 is 15.2 Å². The average molecular weight is 211 g/mol. The van der Waals surface area contributed by atoms with Crippen LogP contribution < -0.4 is 5.32 Å². The normalized spacial score (nSPS) is 8.67. The van der Waals surface area contributed by atoms with Crippen LogP contribution in [0.4, 0.5) is 0 Å². The van der Waals surface area contributed by atoms with Gasteiger partial charge in [0, 0.05) is 20.6 Å². The fourth-order valence-corrected chi connectivity index (χ4v) is 0.757. The third kappa shape index (κ3) is 10.4. The maximum Gasteiger partial charge on any atom is 0.216 e. The highest BCUT2D eigenvalue weighted by Gasteiger charge is 1.85. The van der Waals surface area contributed by atoms with Crippen molar-refractivity contribution in [1.82, 2.24) is 5.32 Å². The molecule has 1 amide bonds. The van der Waals surface area contributed by atoms with Crippen molar-refractivity contribution < 1.29 is 14.6 Å². The Balaban J connectivity index is 0.000000262. The Bertz CT molecular complexity index is 262. The van der Waals surface area contributed by atoms with Crippen LogP contribution in [-0.2, 0) is 9.53 Å². The zero-order valence-corrected chi connectivity index (χ0v) is 9.06. The number of nitrogens with one attached hydrogen (secondary N) is 1. The summed E-state index contributed by atoms with van der Waals surface area (Å²) in [6.07, 6.45) is 0. The zero-order valence-electron chi connectivity index (χ0n) is 9.06. The highest BCUT2D eigenvalue weighted by molar-refractivity contribution is 5.72. The second-order valence-electron chi connectivity index (χ2n) is 2.81. The maximum atomic E-state index is 10.2. The molecule has 0 bridgehead atoms. The minimum absolute atomic E-state index is 0.0120. The number of rotatable bonds is 3. The van der Waals surface area contributed by atoms with Gasteiger partial charge in [0.1, 0.15) is 5.75 Å². The lowest BCUT2D eigenvalue weighted by atomic mass is 10.3. The van der Waals surface area contributed by atoms with Crippen molar-refractivity contribution in [2.45, 2.75) is 6.92 Å². The first-order valence-corrected chi connectivity index (χ1v) is 4.64. The smallest absolute Gasteiger partial charge is 0.216 e. The summed E-state index contributed by atoms with van der Waals surface area (Å²) in [6.45, 7) is 2.67. The Hall–Kier alpha value is -1.55. The molecule has 15 heavy (non-hydrogen) atoms.